The number of aromatic nitrogens is 1. The van der Waals surface area contributed by atoms with Crippen molar-refractivity contribution in [3.8, 4) is 0 Å². The number of hydrogen-bond donors (Lipinski definition) is 1. The first-order chi connectivity index (χ1) is 7.79. The maximum absolute atomic E-state index is 11.4. The van der Waals surface area contributed by atoms with Gasteiger partial charge in [-0.1, -0.05) is 27.2 Å². The lowest BCUT2D eigenvalue weighted by Crippen LogP contribution is -2.20. The van der Waals surface area contributed by atoms with Crippen LogP contribution in [-0.2, 0) is 6.42 Å². The molecule has 0 saturated carbocycles. The maximum atomic E-state index is 11.4. The van der Waals surface area contributed by atoms with Gasteiger partial charge in [-0.2, -0.15) is 4.73 Å². The number of unbranched alkanes of at least 4 members (excludes halogenated alkanes) is 1. The van der Waals surface area contributed by atoms with Crippen molar-refractivity contribution in [2.75, 3.05) is 0 Å². The minimum absolute atomic E-state index is 0.337. The molecule has 0 bridgehead atoms. The molecule has 0 unspecified atom stereocenters. The van der Waals surface area contributed by atoms with E-state index in [1.165, 1.54) is 6.07 Å². The Kier molecular flexibility index (Phi) is 4.38. The van der Waals surface area contributed by atoms with Crippen LogP contribution in [0.25, 0.3) is 0 Å². The second-order valence-electron chi connectivity index (χ2n) is 5.94. The third-order valence-corrected chi connectivity index (χ3v) is 2.84. The van der Waals surface area contributed by atoms with Crippen LogP contribution in [0.15, 0.2) is 16.9 Å². The van der Waals surface area contributed by atoms with Crippen molar-refractivity contribution in [2.45, 2.75) is 53.4 Å². The zero-order chi connectivity index (χ0) is 13.1. The average molecular weight is 237 g/mol. The summed E-state index contributed by atoms with van der Waals surface area (Å²) in [6, 6.07) is 3.32. The standard InChI is InChI=1S/C14H23NO2/c1-11-9-12(15(17)13(16)10-11)7-5-6-8-14(2,3)4/h9-10,17H,5-8H2,1-4H3. The normalized spacial score (nSPS) is 11.8. The Morgan fingerprint density at radius 3 is 2.47 bits per heavy atom. The van der Waals surface area contributed by atoms with Crippen LogP contribution in [0.2, 0.25) is 0 Å². The summed E-state index contributed by atoms with van der Waals surface area (Å²) in [5.41, 5.74) is 1.64. The van der Waals surface area contributed by atoms with Gasteiger partial charge in [-0.15, -0.1) is 0 Å². The van der Waals surface area contributed by atoms with E-state index in [1.807, 2.05) is 13.0 Å². The quantitative estimate of drug-likeness (QED) is 0.645. The summed E-state index contributed by atoms with van der Waals surface area (Å²) < 4.78 is 0.768. The molecule has 0 aromatic carbocycles. The zero-order valence-electron chi connectivity index (χ0n) is 11.3. The lowest BCUT2D eigenvalue weighted by atomic mass is 9.89. The molecule has 1 N–H and O–H groups in total. The molecule has 1 aromatic rings. The minimum atomic E-state index is -0.337. The molecule has 0 atom stereocenters. The van der Waals surface area contributed by atoms with Gasteiger partial charge < -0.3 is 5.21 Å². The van der Waals surface area contributed by atoms with E-state index in [9.17, 15) is 10.0 Å². The fraction of sp³-hybridized carbons (Fsp3) is 0.643. The molecule has 0 amide bonds. The van der Waals surface area contributed by atoms with Crippen molar-refractivity contribution in [2.24, 2.45) is 5.41 Å². The minimum Gasteiger partial charge on any atom is -0.425 e. The molecule has 1 rings (SSSR count). The van der Waals surface area contributed by atoms with Crippen LogP contribution in [-0.4, -0.2) is 9.94 Å². The molecule has 0 aliphatic heterocycles. The molecule has 0 fully saturated rings. The first-order valence-electron chi connectivity index (χ1n) is 6.21. The fourth-order valence-corrected chi connectivity index (χ4v) is 1.90. The average Bonchev–Trinajstić information content (AvgIpc) is 2.18. The third-order valence-electron chi connectivity index (χ3n) is 2.84. The molecule has 3 heteroatoms. The summed E-state index contributed by atoms with van der Waals surface area (Å²) in [5, 5.41) is 9.59. The highest BCUT2D eigenvalue weighted by atomic mass is 16.5. The Labute approximate surface area is 103 Å². The van der Waals surface area contributed by atoms with Gasteiger partial charge in [0.15, 0.2) is 0 Å². The first-order valence-corrected chi connectivity index (χ1v) is 6.21. The lowest BCUT2D eigenvalue weighted by Gasteiger charge is -2.17. The molecular formula is C14H23NO2. The van der Waals surface area contributed by atoms with Gasteiger partial charge in [-0.25, -0.2) is 0 Å². The second kappa shape index (κ2) is 5.39. The molecule has 0 aliphatic carbocycles. The van der Waals surface area contributed by atoms with E-state index in [4.69, 9.17) is 0 Å². The summed E-state index contributed by atoms with van der Waals surface area (Å²) in [5.74, 6) is 0. The van der Waals surface area contributed by atoms with Gasteiger partial charge in [0.25, 0.3) is 5.56 Å². The smallest absolute Gasteiger partial charge is 0.283 e. The highest BCUT2D eigenvalue weighted by Crippen LogP contribution is 2.22. The van der Waals surface area contributed by atoms with Crippen molar-refractivity contribution in [3.63, 3.8) is 0 Å². The number of rotatable bonds is 4. The molecule has 0 radical (unpaired) electrons. The summed E-state index contributed by atoms with van der Waals surface area (Å²) >= 11 is 0. The molecule has 3 nitrogen and oxygen atoms in total. The molecule has 1 aromatic heterocycles. The lowest BCUT2D eigenvalue weighted by molar-refractivity contribution is 0.164. The van der Waals surface area contributed by atoms with E-state index in [2.05, 4.69) is 20.8 Å². The molecule has 0 spiro atoms. The Hall–Kier alpha value is -1.25. The zero-order valence-corrected chi connectivity index (χ0v) is 11.3. The van der Waals surface area contributed by atoms with Crippen LogP contribution < -0.4 is 5.56 Å². The highest BCUT2D eigenvalue weighted by Gasteiger charge is 2.10. The van der Waals surface area contributed by atoms with Crippen LogP contribution in [0.4, 0.5) is 0 Å². The third kappa shape index (κ3) is 4.63. The number of hydrogen-bond acceptors (Lipinski definition) is 2. The van der Waals surface area contributed by atoms with Gasteiger partial charge in [-0.05, 0) is 43.2 Å². The van der Waals surface area contributed by atoms with Crippen LogP contribution in [0.5, 0.6) is 0 Å². The summed E-state index contributed by atoms with van der Waals surface area (Å²) in [6.45, 7) is 8.55. The maximum Gasteiger partial charge on any atom is 0.283 e. The monoisotopic (exact) mass is 237 g/mol. The van der Waals surface area contributed by atoms with E-state index >= 15 is 0 Å². The van der Waals surface area contributed by atoms with Gasteiger partial charge in [0.05, 0.1) is 5.69 Å². The second-order valence-corrected chi connectivity index (χ2v) is 5.94. The fourth-order valence-electron chi connectivity index (χ4n) is 1.90. The molecule has 17 heavy (non-hydrogen) atoms. The van der Waals surface area contributed by atoms with E-state index in [0.29, 0.717) is 11.1 Å². The van der Waals surface area contributed by atoms with Crippen molar-refractivity contribution in [1.29, 1.82) is 0 Å². The van der Waals surface area contributed by atoms with E-state index in [1.54, 1.807) is 0 Å². The Morgan fingerprint density at radius 2 is 1.88 bits per heavy atom. The van der Waals surface area contributed by atoms with E-state index in [0.717, 1.165) is 36.0 Å². The van der Waals surface area contributed by atoms with Gasteiger partial charge in [0.1, 0.15) is 0 Å². The SMILES string of the molecule is Cc1cc(CCCCC(C)(C)C)n(O)c(=O)c1. The summed E-state index contributed by atoms with van der Waals surface area (Å²) in [6.07, 6.45) is 4.03. The van der Waals surface area contributed by atoms with Gasteiger partial charge in [0, 0.05) is 6.07 Å². The van der Waals surface area contributed by atoms with Crippen LogP contribution >= 0.6 is 0 Å². The topological polar surface area (TPSA) is 42.2 Å². The first kappa shape index (κ1) is 13.8. The molecular weight excluding hydrogens is 214 g/mol. The molecule has 0 aliphatic rings. The summed E-state index contributed by atoms with van der Waals surface area (Å²) in [7, 11) is 0. The van der Waals surface area contributed by atoms with Crippen molar-refractivity contribution >= 4 is 0 Å². The Balaban J connectivity index is 2.56. The number of nitrogens with zero attached hydrogens (tertiary/aromatic N) is 1. The van der Waals surface area contributed by atoms with Gasteiger partial charge in [0.2, 0.25) is 0 Å². The van der Waals surface area contributed by atoms with E-state index in [-0.39, 0.29) is 5.56 Å². The van der Waals surface area contributed by atoms with Crippen LogP contribution in [0.3, 0.4) is 0 Å². The predicted octanol–water partition coefficient (Wildman–Crippen LogP) is 3.15. The molecule has 96 valence electrons. The van der Waals surface area contributed by atoms with Gasteiger partial charge >= 0.3 is 0 Å². The highest BCUT2D eigenvalue weighted by molar-refractivity contribution is 5.15. The predicted molar refractivity (Wildman–Crippen MR) is 69.6 cm³/mol. The Morgan fingerprint density at radius 1 is 1.24 bits per heavy atom. The Bertz CT molecular complexity index is 427. The molecule has 0 saturated heterocycles. The van der Waals surface area contributed by atoms with E-state index < -0.39 is 0 Å². The van der Waals surface area contributed by atoms with Crippen LogP contribution in [0.1, 0.15) is 51.3 Å². The summed E-state index contributed by atoms with van der Waals surface area (Å²) in [4.78, 5) is 11.4. The van der Waals surface area contributed by atoms with Crippen molar-refractivity contribution < 1.29 is 5.21 Å². The van der Waals surface area contributed by atoms with Crippen molar-refractivity contribution in [3.05, 3.63) is 33.7 Å². The van der Waals surface area contributed by atoms with Crippen molar-refractivity contribution in [1.82, 2.24) is 4.73 Å². The van der Waals surface area contributed by atoms with Crippen LogP contribution in [0, 0.1) is 12.3 Å². The van der Waals surface area contributed by atoms with Gasteiger partial charge in [-0.3, -0.25) is 4.79 Å². The molecule has 1 heterocycles. The number of pyridine rings is 1. The number of aryl methyl sites for hydroxylation is 2. The largest absolute Gasteiger partial charge is 0.425 e.